The van der Waals surface area contributed by atoms with E-state index in [1.165, 1.54) is 0 Å². The van der Waals surface area contributed by atoms with E-state index in [0.717, 1.165) is 12.8 Å². The Morgan fingerprint density at radius 3 is 2.60 bits per heavy atom. The van der Waals surface area contributed by atoms with Crippen molar-refractivity contribution in [2.45, 2.75) is 66.0 Å². The van der Waals surface area contributed by atoms with Crippen molar-refractivity contribution in [3.63, 3.8) is 0 Å². The van der Waals surface area contributed by atoms with Gasteiger partial charge in [0.2, 0.25) is 5.82 Å². The molecule has 0 bridgehead atoms. The summed E-state index contributed by atoms with van der Waals surface area (Å²) in [4.78, 5) is 20.6. The quantitative estimate of drug-likeness (QED) is 0.730. The number of aromatic nitrogens is 2. The molecule has 1 amide bonds. The SMILES string of the molecule is CCC[C@H](C)[C@@H](C)C(NC(=O)OC(C)(C)C)c1nc(C#N)ncc1Br. The molecule has 6 nitrogen and oxygen atoms in total. The van der Waals surface area contributed by atoms with Crippen LogP contribution in [0.3, 0.4) is 0 Å². The molecule has 0 saturated carbocycles. The van der Waals surface area contributed by atoms with Crippen LogP contribution < -0.4 is 5.32 Å². The van der Waals surface area contributed by atoms with E-state index in [1.807, 2.05) is 26.8 Å². The van der Waals surface area contributed by atoms with Crippen LogP contribution >= 0.6 is 15.9 Å². The highest BCUT2D eigenvalue weighted by atomic mass is 79.9. The lowest BCUT2D eigenvalue weighted by Gasteiger charge is -2.31. The minimum Gasteiger partial charge on any atom is -0.444 e. The highest BCUT2D eigenvalue weighted by molar-refractivity contribution is 9.10. The molecule has 0 aliphatic rings. The highest BCUT2D eigenvalue weighted by Gasteiger charge is 2.30. The fourth-order valence-corrected chi connectivity index (χ4v) is 3.02. The topological polar surface area (TPSA) is 87.9 Å². The first-order valence-corrected chi connectivity index (χ1v) is 9.30. The van der Waals surface area contributed by atoms with Crippen LogP contribution in [-0.4, -0.2) is 21.7 Å². The summed E-state index contributed by atoms with van der Waals surface area (Å²) in [7, 11) is 0. The van der Waals surface area contributed by atoms with Gasteiger partial charge in [-0.2, -0.15) is 5.26 Å². The third-order valence-corrected chi connectivity index (χ3v) is 4.62. The number of nitrogens with zero attached hydrogens (tertiary/aromatic N) is 3. The van der Waals surface area contributed by atoms with Gasteiger partial charge >= 0.3 is 6.09 Å². The number of carbonyl (C=O) groups is 1. The summed E-state index contributed by atoms with van der Waals surface area (Å²) in [5, 5.41) is 12.0. The Labute approximate surface area is 158 Å². The minimum atomic E-state index is -0.590. The van der Waals surface area contributed by atoms with E-state index in [0.29, 0.717) is 16.1 Å². The van der Waals surface area contributed by atoms with Gasteiger partial charge in [-0.3, -0.25) is 0 Å². The average Bonchev–Trinajstić information content (AvgIpc) is 2.51. The molecule has 25 heavy (non-hydrogen) atoms. The normalized spacial score (nSPS) is 15.0. The molecule has 3 atom stereocenters. The molecule has 7 heteroatoms. The Kier molecular flexibility index (Phi) is 7.81. The number of halogens is 1. The van der Waals surface area contributed by atoms with E-state index in [4.69, 9.17) is 10.00 Å². The summed E-state index contributed by atoms with van der Waals surface area (Å²) < 4.78 is 6.06. The summed E-state index contributed by atoms with van der Waals surface area (Å²) >= 11 is 3.44. The van der Waals surface area contributed by atoms with E-state index in [2.05, 4.69) is 52.0 Å². The van der Waals surface area contributed by atoms with E-state index in [1.54, 1.807) is 6.20 Å². The van der Waals surface area contributed by atoms with E-state index in [9.17, 15) is 4.79 Å². The molecule has 0 aliphatic heterocycles. The van der Waals surface area contributed by atoms with Crippen molar-refractivity contribution < 1.29 is 9.53 Å². The second-order valence-electron chi connectivity index (χ2n) is 7.29. The number of carbonyl (C=O) groups excluding carboxylic acids is 1. The largest absolute Gasteiger partial charge is 0.444 e. The first-order valence-electron chi connectivity index (χ1n) is 8.51. The maximum Gasteiger partial charge on any atom is 0.408 e. The fraction of sp³-hybridized carbons (Fsp3) is 0.667. The van der Waals surface area contributed by atoms with Crippen molar-refractivity contribution in [3.8, 4) is 6.07 Å². The van der Waals surface area contributed by atoms with E-state index in [-0.39, 0.29) is 17.8 Å². The zero-order chi connectivity index (χ0) is 19.2. The first-order chi connectivity index (χ1) is 11.6. The lowest BCUT2D eigenvalue weighted by atomic mass is 9.84. The number of hydrogen-bond donors (Lipinski definition) is 1. The lowest BCUT2D eigenvalue weighted by Crippen LogP contribution is -2.39. The standard InChI is InChI=1S/C18H27BrN4O2/c1-7-8-11(2)12(3)15(23-17(24)25-18(4,5)6)16-13(19)10-21-14(9-20)22-16/h10-12,15H,7-8H2,1-6H3,(H,23,24)/t11-,12+,15?/m0/s1. The van der Waals surface area contributed by atoms with Gasteiger partial charge in [0.1, 0.15) is 11.7 Å². The van der Waals surface area contributed by atoms with Crippen LogP contribution in [0.4, 0.5) is 4.79 Å². The molecule has 138 valence electrons. The first kappa shape index (κ1) is 21.4. The zero-order valence-corrected chi connectivity index (χ0v) is 17.3. The zero-order valence-electron chi connectivity index (χ0n) is 15.8. The molecule has 1 N–H and O–H groups in total. The second-order valence-corrected chi connectivity index (χ2v) is 8.14. The Balaban J connectivity index is 3.19. The van der Waals surface area contributed by atoms with Crippen LogP contribution in [-0.2, 0) is 4.74 Å². The molecule has 1 aromatic rings. The average molecular weight is 411 g/mol. The highest BCUT2D eigenvalue weighted by Crippen LogP contribution is 2.33. The van der Waals surface area contributed by atoms with Crippen molar-refractivity contribution in [3.05, 3.63) is 22.2 Å². The van der Waals surface area contributed by atoms with Gasteiger partial charge in [0.15, 0.2) is 0 Å². The third kappa shape index (κ3) is 6.62. The number of amides is 1. The van der Waals surface area contributed by atoms with E-state index >= 15 is 0 Å². The van der Waals surface area contributed by atoms with Crippen LogP contribution in [0.25, 0.3) is 0 Å². The molecule has 0 aromatic carbocycles. The smallest absolute Gasteiger partial charge is 0.408 e. The molecule has 0 spiro atoms. The molecule has 0 fully saturated rings. The summed E-state index contributed by atoms with van der Waals surface area (Å²) in [5.41, 5.74) is 0.000955. The number of rotatable bonds is 6. The van der Waals surface area contributed by atoms with Crippen molar-refractivity contribution >= 4 is 22.0 Å². The summed E-state index contributed by atoms with van der Waals surface area (Å²) in [6, 6.07) is 1.56. The van der Waals surface area contributed by atoms with Crippen LogP contribution in [0, 0.1) is 23.2 Å². The van der Waals surface area contributed by atoms with E-state index < -0.39 is 11.7 Å². The molecule has 1 aromatic heterocycles. The van der Waals surface area contributed by atoms with Gasteiger partial charge in [-0.1, -0.05) is 33.6 Å². The van der Waals surface area contributed by atoms with Gasteiger partial charge in [0.25, 0.3) is 0 Å². The van der Waals surface area contributed by atoms with Crippen LogP contribution in [0.15, 0.2) is 10.7 Å². The van der Waals surface area contributed by atoms with Crippen molar-refractivity contribution in [2.24, 2.45) is 11.8 Å². The third-order valence-electron chi connectivity index (χ3n) is 4.01. The van der Waals surface area contributed by atoms with Gasteiger partial charge < -0.3 is 10.1 Å². The Morgan fingerprint density at radius 2 is 2.08 bits per heavy atom. The Bertz CT molecular complexity index is 637. The number of nitrogens with one attached hydrogen (secondary N) is 1. The van der Waals surface area contributed by atoms with Gasteiger partial charge in [-0.25, -0.2) is 14.8 Å². The van der Waals surface area contributed by atoms with Crippen LogP contribution in [0.5, 0.6) is 0 Å². The monoisotopic (exact) mass is 410 g/mol. The van der Waals surface area contributed by atoms with Crippen LogP contribution in [0.1, 0.15) is 71.9 Å². The van der Waals surface area contributed by atoms with Crippen molar-refractivity contribution in [2.75, 3.05) is 0 Å². The maximum absolute atomic E-state index is 12.3. The second kappa shape index (κ2) is 9.14. The molecule has 1 rings (SSSR count). The molecule has 0 saturated heterocycles. The van der Waals surface area contributed by atoms with Crippen molar-refractivity contribution in [1.82, 2.24) is 15.3 Å². The predicted octanol–water partition coefficient (Wildman–Crippen LogP) is 4.75. The number of alkyl carbamates (subject to hydrolysis) is 1. The summed E-state index contributed by atoms with van der Waals surface area (Å²) in [6.45, 7) is 11.8. The van der Waals surface area contributed by atoms with Gasteiger partial charge in [0.05, 0.1) is 16.2 Å². The molecule has 0 radical (unpaired) electrons. The predicted molar refractivity (Wildman–Crippen MR) is 99.8 cm³/mol. The summed E-state index contributed by atoms with van der Waals surface area (Å²) in [5.74, 6) is 0.534. The summed E-state index contributed by atoms with van der Waals surface area (Å²) in [6.07, 6.45) is 3.12. The molecular weight excluding hydrogens is 384 g/mol. The van der Waals surface area contributed by atoms with Gasteiger partial charge in [-0.05, 0) is 48.5 Å². The minimum absolute atomic E-state index is 0.0736. The Morgan fingerprint density at radius 1 is 1.44 bits per heavy atom. The van der Waals surface area contributed by atoms with Crippen LogP contribution in [0.2, 0.25) is 0 Å². The molecule has 1 heterocycles. The maximum atomic E-state index is 12.3. The Hall–Kier alpha value is -1.68. The molecular formula is C18H27BrN4O2. The van der Waals surface area contributed by atoms with Crippen molar-refractivity contribution in [1.29, 1.82) is 5.26 Å². The number of hydrogen-bond acceptors (Lipinski definition) is 5. The number of ether oxygens (including phenoxy) is 1. The number of nitriles is 1. The lowest BCUT2D eigenvalue weighted by molar-refractivity contribution is 0.0473. The van der Waals surface area contributed by atoms with Gasteiger partial charge in [0, 0.05) is 6.20 Å². The molecule has 1 unspecified atom stereocenters. The fourth-order valence-electron chi connectivity index (χ4n) is 2.58. The van der Waals surface area contributed by atoms with Gasteiger partial charge in [-0.15, -0.1) is 0 Å². The molecule has 0 aliphatic carbocycles.